The molecule has 1 fully saturated rings. The normalized spacial score (nSPS) is 17.9. The van der Waals surface area contributed by atoms with Crippen LogP contribution >= 0.6 is 0 Å². The maximum absolute atomic E-state index is 12.1. The summed E-state index contributed by atoms with van der Waals surface area (Å²) in [7, 11) is -3.80. The fourth-order valence-corrected chi connectivity index (χ4v) is 2.83. The minimum atomic E-state index is -3.80. The van der Waals surface area contributed by atoms with Gasteiger partial charge in [-0.1, -0.05) is 12.1 Å². The summed E-state index contributed by atoms with van der Waals surface area (Å²) in [6.07, 6.45) is 0. The zero-order valence-electron chi connectivity index (χ0n) is 8.71. The third kappa shape index (κ3) is 2.34. The fraction of sp³-hybridized carbons (Fsp3) is 0.200. The first-order valence-electron chi connectivity index (χ1n) is 4.79. The van der Waals surface area contributed by atoms with Crippen molar-refractivity contribution < 1.29 is 18.0 Å². The second-order valence-corrected chi connectivity index (χ2v) is 5.42. The Morgan fingerprint density at radius 3 is 2.18 bits per heavy atom. The van der Waals surface area contributed by atoms with Crippen molar-refractivity contribution in [1.29, 1.82) is 0 Å². The molecule has 0 unspecified atom stereocenters. The molecule has 1 aliphatic rings. The third-order valence-corrected chi connectivity index (χ3v) is 4.05. The predicted octanol–water partition coefficient (Wildman–Crippen LogP) is -0.866. The summed E-state index contributed by atoms with van der Waals surface area (Å²) in [5.41, 5.74) is 0. The van der Waals surface area contributed by atoms with Crippen molar-refractivity contribution in [3.05, 3.63) is 30.3 Å². The van der Waals surface area contributed by atoms with Gasteiger partial charge in [0.2, 0.25) is 21.8 Å². The highest BCUT2D eigenvalue weighted by atomic mass is 32.2. The molecule has 0 bridgehead atoms. The van der Waals surface area contributed by atoms with Crippen LogP contribution in [0, 0.1) is 6.07 Å². The summed E-state index contributed by atoms with van der Waals surface area (Å²) in [6, 6.07) is 8.35. The van der Waals surface area contributed by atoms with Gasteiger partial charge in [-0.25, -0.2) is 8.42 Å². The first kappa shape index (κ1) is 11.7. The topological polar surface area (TPSA) is 83.6 Å². The van der Waals surface area contributed by atoms with E-state index in [0.29, 0.717) is 0 Å². The summed E-state index contributed by atoms with van der Waals surface area (Å²) < 4.78 is 25.0. The first-order valence-corrected chi connectivity index (χ1v) is 6.23. The maximum atomic E-state index is 12.1. The average molecular weight is 253 g/mol. The average Bonchev–Trinajstić information content (AvgIpc) is 2.29. The SMILES string of the molecule is O=C1CN(S(=O)(=O)c2cc[c]cc2)CC(=O)N1. The molecule has 89 valence electrons. The predicted molar refractivity (Wildman–Crippen MR) is 57.2 cm³/mol. The Labute approximate surface area is 98.3 Å². The van der Waals surface area contributed by atoms with Crippen molar-refractivity contribution in [3.63, 3.8) is 0 Å². The van der Waals surface area contributed by atoms with Gasteiger partial charge in [-0.05, 0) is 18.2 Å². The van der Waals surface area contributed by atoms with E-state index in [1.165, 1.54) is 24.3 Å². The summed E-state index contributed by atoms with van der Waals surface area (Å²) >= 11 is 0. The second kappa shape index (κ2) is 4.27. The van der Waals surface area contributed by atoms with Crippen molar-refractivity contribution >= 4 is 21.8 Å². The van der Waals surface area contributed by atoms with Gasteiger partial charge < -0.3 is 0 Å². The number of rotatable bonds is 2. The standard InChI is InChI=1S/C10H9N2O4S/c13-9-6-12(7-10(14)11-9)17(15,16)8-4-2-1-3-5-8/h2-5H,6-7H2,(H,11,13,14). The van der Waals surface area contributed by atoms with E-state index >= 15 is 0 Å². The van der Waals surface area contributed by atoms with Crippen LogP contribution in [-0.2, 0) is 19.6 Å². The van der Waals surface area contributed by atoms with Crippen LogP contribution in [0.3, 0.4) is 0 Å². The number of hydrogen-bond acceptors (Lipinski definition) is 4. The van der Waals surface area contributed by atoms with Crippen molar-refractivity contribution in [2.45, 2.75) is 4.90 Å². The number of hydrogen-bond donors (Lipinski definition) is 1. The number of sulfonamides is 1. The largest absolute Gasteiger partial charge is 0.294 e. The molecular formula is C10H9N2O4S. The Hall–Kier alpha value is -1.73. The Bertz CT molecular complexity index is 537. The Morgan fingerprint density at radius 1 is 1.12 bits per heavy atom. The van der Waals surface area contributed by atoms with E-state index in [9.17, 15) is 18.0 Å². The zero-order valence-corrected chi connectivity index (χ0v) is 9.53. The molecule has 1 N–H and O–H groups in total. The van der Waals surface area contributed by atoms with Crippen molar-refractivity contribution in [2.75, 3.05) is 13.1 Å². The summed E-state index contributed by atoms with van der Waals surface area (Å²) in [5.74, 6) is -1.24. The first-order chi connectivity index (χ1) is 8.00. The molecule has 1 aliphatic heterocycles. The smallest absolute Gasteiger partial charge is 0.244 e. The van der Waals surface area contributed by atoms with Gasteiger partial charge in [-0.3, -0.25) is 14.9 Å². The van der Waals surface area contributed by atoms with E-state index in [0.717, 1.165) is 4.31 Å². The molecule has 7 heteroatoms. The molecule has 1 aromatic carbocycles. The minimum Gasteiger partial charge on any atom is -0.294 e. The molecule has 1 saturated heterocycles. The van der Waals surface area contributed by atoms with Gasteiger partial charge in [0.05, 0.1) is 18.0 Å². The van der Waals surface area contributed by atoms with E-state index in [-0.39, 0.29) is 18.0 Å². The molecule has 0 aromatic heterocycles. The number of carbonyl (C=O) groups excluding carboxylic acids is 2. The van der Waals surface area contributed by atoms with E-state index < -0.39 is 21.8 Å². The van der Waals surface area contributed by atoms with Crippen LogP contribution in [0.15, 0.2) is 29.2 Å². The Balaban J connectivity index is 2.33. The van der Waals surface area contributed by atoms with Gasteiger partial charge in [-0.15, -0.1) is 0 Å². The molecule has 1 radical (unpaired) electrons. The molecule has 0 spiro atoms. The molecule has 2 amide bonds. The highest BCUT2D eigenvalue weighted by molar-refractivity contribution is 7.89. The molecule has 6 nitrogen and oxygen atoms in total. The van der Waals surface area contributed by atoms with Crippen LogP contribution in [0.5, 0.6) is 0 Å². The van der Waals surface area contributed by atoms with E-state index in [1.54, 1.807) is 0 Å². The zero-order chi connectivity index (χ0) is 12.5. The number of nitrogens with one attached hydrogen (secondary N) is 1. The fourth-order valence-electron chi connectivity index (χ4n) is 1.47. The Morgan fingerprint density at radius 2 is 1.65 bits per heavy atom. The number of imide groups is 1. The lowest BCUT2D eigenvalue weighted by Crippen LogP contribution is -2.53. The third-order valence-electron chi connectivity index (χ3n) is 2.24. The van der Waals surface area contributed by atoms with Crippen molar-refractivity contribution in [3.8, 4) is 0 Å². The van der Waals surface area contributed by atoms with Gasteiger partial charge in [-0.2, -0.15) is 4.31 Å². The van der Waals surface area contributed by atoms with Crippen molar-refractivity contribution in [2.24, 2.45) is 0 Å². The summed E-state index contributed by atoms with van der Waals surface area (Å²) in [5, 5.41) is 2.04. The highest BCUT2D eigenvalue weighted by Gasteiger charge is 2.32. The Kier molecular flexibility index (Phi) is 2.95. The molecule has 1 aromatic rings. The molecule has 17 heavy (non-hydrogen) atoms. The monoisotopic (exact) mass is 253 g/mol. The van der Waals surface area contributed by atoms with Gasteiger partial charge >= 0.3 is 0 Å². The van der Waals surface area contributed by atoms with E-state index in [2.05, 4.69) is 6.07 Å². The molecule has 1 heterocycles. The lowest BCUT2D eigenvalue weighted by molar-refractivity contribution is -0.134. The molecule has 0 atom stereocenters. The molecule has 0 aliphatic carbocycles. The van der Waals surface area contributed by atoms with Gasteiger partial charge in [0.25, 0.3) is 0 Å². The highest BCUT2D eigenvalue weighted by Crippen LogP contribution is 2.15. The summed E-state index contributed by atoms with van der Waals surface area (Å²) in [6.45, 7) is -0.681. The van der Waals surface area contributed by atoms with Crippen molar-refractivity contribution in [1.82, 2.24) is 9.62 Å². The van der Waals surface area contributed by atoms with E-state index in [4.69, 9.17) is 0 Å². The maximum Gasteiger partial charge on any atom is 0.244 e. The van der Waals surface area contributed by atoms with Crippen LogP contribution in [0.25, 0.3) is 0 Å². The van der Waals surface area contributed by atoms with Gasteiger partial charge in [0, 0.05) is 0 Å². The number of carbonyl (C=O) groups is 2. The number of amides is 2. The summed E-state index contributed by atoms with van der Waals surface area (Å²) in [4.78, 5) is 22.3. The van der Waals surface area contributed by atoms with Crippen LogP contribution < -0.4 is 5.32 Å². The van der Waals surface area contributed by atoms with Crippen LogP contribution in [0.2, 0.25) is 0 Å². The number of piperazine rings is 1. The number of nitrogens with zero attached hydrogens (tertiary/aromatic N) is 1. The molecular weight excluding hydrogens is 244 g/mol. The minimum absolute atomic E-state index is 0.0405. The van der Waals surface area contributed by atoms with Crippen LogP contribution in [-0.4, -0.2) is 37.6 Å². The molecule has 0 saturated carbocycles. The van der Waals surface area contributed by atoms with Gasteiger partial charge in [0.1, 0.15) is 0 Å². The van der Waals surface area contributed by atoms with Crippen LogP contribution in [0.4, 0.5) is 0 Å². The van der Waals surface area contributed by atoms with Crippen LogP contribution in [0.1, 0.15) is 0 Å². The number of benzene rings is 1. The quantitative estimate of drug-likeness (QED) is 0.695. The second-order valence-electron chi connectivity index (χ2n) is 3.48. The van der Waals surface area contributed by atoms with Gasteiger partial charge in [0.15, 0.2) is 0 Å². The lowest BCUT2D eigenvalue weighted by atomic mass is 10.4. The van der Waals surface area contributed by atoms with E-state index in [1.807, 2.05) is 5.32 Å². The lowest BCUT2D eigenvalue weighted by Gasteiger charge is -2.24. The molecule has 2 rings (SSSR count).